The third kappa shape index (κ3) is 9.90. The van der Waals surface area contributed by atoms with Crippen LogP contribution in [0.1, 0.15) is 72.6 Å². The highest BCUT2D eigenvalue weighted by atomic mass is 15.1. The number of nitrogens with zero attached hydrogens (tertiary/aromatic N) is 1. The molecule has 0 spiro atoms. The van der Waals surface area contributed by atoms with Crippen LogP contribution >= 0.6 is 0 Å². The van der Waals surface area contributed by atoms with Gasteiger partial charge in [-0.15, -0.1) is 0 Å². The summed E-state index contributed by atoms with van der Waals surface area (Å²) < 4.78 is 0. The fourth-order valence-electron chi connectivity index (χ4n) is 2.62. The van der Waals surface area contributed by atoms with Crippen molar-refractivity contribution in [3.63, 3.8) is 0 Å². The monoisotopic (exact) mass is 256 g/mol. The Kier molecular flexibility index (Phi) is 13.3. The summed E-state index contributed by atoms with van der Waals surface area (Å²) in [6, 6.07) is 0.755. The van der Waals surface area contributed by atoms with Crippen LogP contribution in [0.4, 0.5) is 0 Å². The summed E-state index contributed by atoms with van der Waals surface area (Å²) in [7, 11) is 0. The van der Waals surface area contributed by atoms with Crippen LogP contribution in [-0.4, -0.2) is 37.1 Å². The lowest BCUT2D eigenvalue weighted by Gasteiger charge is -2.22. The van der Waals surface area contributed by atoms with E-state index in [2.05, 4.69) is 37.9 Å². The van der Waals surface area contributed by atoms with Gasteiger partial charge in [0.25, 0.3) is 0 Å². The fraction of sp³-hybridized carbons (Fsp3) is 1.00. The number of hydrogen-bond donors (Lipinski definition) is 1. The van der Waals surface area contributed by atoms with Gasteiger partial charge in [0, 0.05) is 6.04 Å². The van der Waals surface area contributed by atoms with Crippen molar-refractivity contribution in [1.29, 1.82) is 0 Å². The summed E-state index contributed by atoms with van der Waals surface area (Å²) in [5.41, 5.74) is 0. The predicted molar refractivity (Wildman–Crippen MR) is 83.2 cm³/mol. The molecule has 0 bridgehead atoms. The maximum Gasteiger partial charge on any atom is 0.00668 e. The average molecular weight is 256 g/mol. The highest BCUT2D eigenvalue weighted by molar-refractivity contribution is 4.66. The summed E-state index contributed by atoms with van der Waals surface area (Å²) >= 11 is 0. The number of rotatable bonds is 13. The quantitative estimate of drug-likeness (QED) is 0.500. The van der Waals surface area contributed by atoms with Gasteiger partial charge >= 0.3 is 0 Å². The number of nitrogens with one attached hydrogen (secondary N) is 1. The van der Waals surface area contributed by atoms with Crippen LogP contribution in [0.3, 0.4) is 0 Å². The second-order valence-corrected chi connectivity index (χ2v) is 5.42. The zero-order valence-electron chi connectivity index (χ0n) is 13.3. The van der Waals surface area contributed by atoms with Crippen molar-refractivity contribution in [3.05, 3.63) is 0 Å². The summed E-state index contributed by atoms with van der Waals surface area (Å²) in [5, 5.41) is 3.73. The van der Waals surface area contributed by atoms with E-state index in [1.165, 1.54) is 71.1 Å². The number of hydrogen-bond acceptors (Lipinski definition) is 2. The van der Waals surface area contributed by atoms with Crippen LogP contribution in [0.2, 0.25) is 0 Å². The largest absolute Gasteiger partial charge is 0.314 e. The molecule has 0 atom stereocenters. The van der Waals surface area contributed by atoms with Gasteiger partial charge in [0.05, 0.1) is 0 Å². The van der Waals surface area contributed by atoms with Crippen molar-refractivity contribution >= 4 is 0 Å². The minimum absolute atomic E-state index is 0.755. The van der Waals surface area contributed by atoms with Gasteiger partial charge in [0.2, 0.25) is 0 Å². The Morgan fingerprint density at radius 2 is 1.33 bits per heavy atom. The van der Waals surface area contributed by atoms with Crippen LogP contribution in [-0.2, 0) is 0 Å². The van der Waals surface area contributed by atoms with Gasteiger partial charge in [-0.2, -0.15) is 0 Å². The van der Waals surface area contributed by atoms with Gasteiger partial charge in [-0.05, 0) is 58.3 Å². The van der Waals surface area contributed by atoms with Crippen LogP contribution < -0.4 is 5.32 Å². The van der Waals surface area contributed by atoms with Crippen molar-refractivity contribution < 1.29 is 0 Å². The topological polar surface area (TPSA) is 15.3 Å². The first-order valence-corrected chi connectivity index (χ1v) is 8.24. The van der Waals surface area contributed by atoms with Gasteiger partial charge in [-0.3, -0.25) is 0 Å². The van der Waals surface area contributed by atoms with E-state index in [1.54, 1.807) is 0 Å². The molecule has 0 fully saturated rings. The van der Waals surface area contributed by atoms with E-state index in [1.807, 2.05) is 0 Å². The van der Waals surface area contributed by atoms with Crippen LogP contribution in [0.25, 0.3) is 0 Å². The first kappa shape index (κ1) is 17.9. The molecule has 110 valence electrons. The minimum atomic E-state index is 0.755. The second kappa shape index (κ2) is 13.4. The van der Waals surface area contributed by atoms with Crippen molar-refractivity contribution in [2.45, 2.75) is 78.7 Å². The van der Waals surface area contributed by atoms with Crippen molar-refractivity contribution in [1.82, 2.24) is 10.2 Å². The normalized spacial score (nSPS) is 11.7. The molecule has 0 rings (SSSR count). The molecule has 0 unspecified atom stereocenters. The van der Waals surface area contributed by atoms with Crippen molar-refractivity contribution in [2.24, 2.45) is 0 Å². The SMILES string of the molecule is CCCC(CCC)NCCCN(CCC)CCC. The first-order valence-electron chi connectivity index (χ1n) is 8.24. The Bertz CT molecular complexity index is 129. The molecular formula is C16H36N2. The molecule has 1 N–H and O–H groups in total. The molecule has 0 saturated heterocycles. The Balaban J connectivity index is 3.66. The second-order valence-electron chi connectivity index (χ2n) is 5.42. The fourth-order valence-corrected chi connectivity index (χ4v) is 2.62. The summed E-state index contributed by atoms with van der Waals surface area (Å²) in [6.07, 6.45) is 9.13. The van der Waals surface area contributed by atoms with Crippen LogP contribution in [0.5, 0.6) is 0 Å². The zero-order valence-corrected chi connectivity index (χ0v) is 13.3. The smallest absolute Gasteiger partial charge is 0.00668 e. The third-order valence-corrected chi connectivity index (χ3v) is 3.44. The van der Waals surface area contributed by atoms with Crippen molar-refractivity contribution in [3.8, 4) is 0 Å². The lowest BCUT2D eigenvalue weighted by Crippen LogP contribution is -2.33. The van der Waals surface area contributed by atoms with Gasteiger partial charge < -0.3 is 10.2 Å². The molecule has 2 heteroatoms. The third-order valence-electron chi connectivity index (χ3n) is 3.44. The van der Waals surface area contributed by atoms with Gasteiger partial charge in [0.15, 0.2) is 0 Å². The molecule has 0 aromatic carbocycles. The molecule has 2 nitrogen and oxygen atoms in total. The lowest BCUT2D eigenvalue weighted by atomic mass is 10.1. The molecular weight excluding hydrogens is 220 g/mol. The Morgan fingerprint density at radius 3 is 1.78 bits per heavy atom. The minimum Gasteiger partial charge on any atom is -0.314 e. The first-order chi connectivity index (χ1) is 8.78. The van der Waals surface area contributed by atoms with E-state index in [-0.39, 0.29) is 0 Å². The molecule has 0 heterocycles. The van der Waals surface area contributed by atoms with E-state index < -0.39 is 0 Å². The van der Waals surface area contributed by atoms with Crippen molar-refractivity contribution in [2.75, 3.05) is 26.2 Å². The molecule has 18 heavy (non-hydrogen) atoms. The molecule has 0 aliphatic rings. The molecule has 0 aliphatic heterocycles. The Morgan fingerprint density at radius 1 is 0.778 bits per heavy atom. The van der Waals surface area contributed by atoms with E-state index in [4.69, 9.17) is 0 Å². The highest BCUT2D eigenvalue weighted by Crippen LogP contribution is 2.04. The van der Waals surface area contributed by atoms with E-state index in [0.717, 1.165) is 6.04 Å². The Labute approximate surface area is 116 Å². The van der Waals surface area contributed by atoms with Crippen LogP contribution in [0, 0.1) is 0 Å². The summed E-state index contributed by atoms with van der Waals surface area (Å²) in [6.45, 7) is 14.1. The van der Waals surface area contributed by atoms with Gasteiger partial charge in [-0.1, -0.05) is 40.5 Å². The standard InChI is InChI=1S/C16H36N2/c1-5-10-16(11-6-2)17-12-9-15-18(13-7-3)14-8-4/h16-17H,5-15H2,1-4H3. The maximum atomic E-state index is 3.73. The van der Waals surface area contributed by atoms with E-state index >= 15 is 0 Å². The summed E-state index contributed by atoms with van der Waals surface area (Å²) in [4.78, 5) is 2.61. The van der Waals surface area contributed by atoms with Gasteiger partial charge in [-0.25, -0.2) is 0 Å². The average Bonchev–Trinajstić information content (AvgIpc) is 2.35. The molecule has 0 amide bonds. The zero-order chi connectivity index (χ0) is 13.6. The molecule has 0 aromatic heterocycles. The molecule has 0 aromatic rings. The molecule has 0 saturated carbocycles. The molecule has 0 radical (unpaired) electrons. The van der Waals surface area contributed by atoms with E-state index in [0.29, 0.717) is 0 Å². The van der Waals surface area contributed by atoms with Crippen LogP contribution in [0.15, 0.2) is 0 Å². The van der Waals surface area contributed by atoms with E-state index in [9.17, 15) is 0 Å². The molecule has 0 aliphatic carbocycles. The lowest BCUT2D eigenvalue weighted by molar-refractivity contribution is 0.267. The summed E-state index contributed by atoms with van der Waals surface area (Å²) in [5.74, 6) is 0. The maximum absolute atomic E-state index is 3.73. The Hall–Kier alpha value is -0.0800. The van der Waals surface area contributed by atoms with Gasteiger partial charge in [0.1, 0.15) is 0 Å². The highest BCUT2D eigenvalue weighted by Gasteiger charge is 2.06. The predicted octanol–water partition coefficient (Wildman–Crippen LogP) is 4.06.